The maximum absolute atomic E-state index is 13.0. The number of hydrogen-bond donors (Lipinski definition) is 2. The van der Waals surface area contributed by atoms with Crippen LogP contribution < -0.4 is 15.4 Å². The van der Waals surface area contributed by atoms with Crippen LogP contribution in [0.1, 0.15) is 30.7 Å². The molecule has 1 heterocycles. The van der Waals surface area contributed by atoms with Crippen molar-refractivity contribution in [3.8, 4) is 5.75 Å². The van der Waals surface area contributed by atoms with Gasteiger partial charge in [0.05, 0.1) is 13.0 Å². The Kier molecular flexibility index (Phi) is 5.16. The van der Waals surface area contributed by atoms with Gasteiger partial charge in [-0.1, -0.05) is 30.3 Å². The smallest absolute Gasteiger partial charge is 0.232 e. The molecule has 0 bridgehead atoms. The molecule has 6 heteroatoms. The van der Waals surface area contributed by atoms with E-state index in [4.69, 9.17) is 4.74 Å². The molecule has 2 atom stereocenters. The van der Waals surface area contributed by atoms with Gasteiger partial charge in [-0.25, -0.2) is 0 Å². The number of ketones is 1. The fraction of sp³-hybridized carbons (Fsp3) is 0.261. The summed E-state index contributed by atoms with van der Waals surface area (Å²) in [7, 11) is 1.57. The quantitative estimate of drug-likeness (QED) is 0.840. The van der Waals surface area contributed by atoms with E-state index in [1.54, 1.807) is 31.4 Å². The molecule has 2 aromatic carbocycles. The summed E-state index contributed by atoms with van der Waals surface area (Å²) in [4.78, 5) is 38.1. The molecule has 4 rings (SSSR count). The number of ether oxygens (including phenoxy) is 1. The fourth-order valence-corrected chi connectivity index (χ4v) is 4.05. The van der Waals surface area contributed by atoms with Gasteiger partial charge in [0, 0.05) is 29.8 Å². The Balaban J connectivity index is 1.58. The van der Waals surface area contributed by atoms with Crippen molar-refractivity contribution in [3.05, 3.63) is 71.4 Å². The molecule has 2 aliphatic rings. The van der Waals surface area contributed by atoms with Gasteiger partial charge in [-0.15, -0.1) is 0 Å². The van der Waals surface area contributed by atoms with E-state index in [-0.39, 0.29) is 29.9 Å². The monoisotopic (exact) mass is 390 g/mol. The molecule has 0 radical (unpaired) electrons. The Labute approximate surface area is 168 Å². The molecule has 0 fully saturated rings. The minimum atomic E-state index is -0.773. The summed E-state index contributed by atoms with van der Waals surface area (Å²) < 4.78 is 5.12. The lowest BCUT2D eigenvalue weighted by atomic mass is 9.75. The lowest BCUT2D eigenvalue weighted by Crippen LogP contribution is -2.43. The van der Waals surface area contributed by atoms with Crippen molar-refractivity contribution >= 4 is 23.3 Å². The summed E-state index contributed by atoms with van der Waals surface area (Å²) in [6, 6.07) is 16.7. The molecule has 0 aromatic heterocycles. The predicted octanol–water partition coefficient (Wildman–Crippen LogP) is 3.17. The number of methoxy groups -OCH3 is 1. The van der Waals surface area contributed by atoms with E-state index in [1.165, 1.54) is 0 Å². The van der Waals surface area contributed by atoms with Crippen molar-refractivity contribution in [2.45, 2.75) is 25.2 Å². The Bertz CT molecular complexity index is 980. The van der Waals surface area contributed by atoms with E-state index in [2.05, 4.69) is 10.6 Å². The summed E-state index contributed by atoms with van der Waals surface area (Å²) in [6.07, 6.45) is 0.858. The summed E-state index contributed by atoms with van der Waals surface area (Å²) >= 11 is 0. The van der Waals surface area contributed by atoms with Gasteiger partial charge in [0.25, 0.3) is 0 Å². The molecular formula is C23H22N2O4. The second kappa shape index (κ2) is 7.91. The zero-order valence-electron chi connectivity index (χ0n) is 16.1. The second-order valence-corrected chi connectivity index (χ2v) is 7.35. The molecule has 0 saturated carbocycles. The van der Waals surface area contributed by atoms with Gasteiger partial charge in [0.1, 0.15) is 5.75 Å². The van der Waals surface area contributed by atoms with Crippen molar-refractivity contribution in [1.29, 1.82) is 0 Å². The highest BCUT2D eigenvalue weighted by atomic mass is 16.5. The highest BCUT2D eigenvalue weighted by Gasteiger charge is 2.40. The number of amides is 2. The summed E-state index contributed by atoms with van der Waals surface area (Å²) in [5.74, 6) is -0.741. The van der Waals surface area contributed by atoms with E-state index in [0.717, 1.165) is 5.56 Å². The number of rotatable bonds is 4. The Hall–Kier alpha value is -3.41. The van der Waals surface area contributed by atoms with Crippen LogP contribution in [-0.2, 0) is 14.4 Å². The fourth-order valence-electron chi connectivity index (χ4n) is 4.05. The van der Waals surface area contributed by atoms with Gasteiger partial charge in [0.15, 0.2) is 5.78 Å². The first-order valence-corrected chi connectivity index (χ1v) is 9.61. The van der Waals surface area contributed by atoms with Crippen LogP contribution in [0.3, 0.4) is 0 Å². The van der Waals surface area contributed by atoms with Crippen molar-refractivity contribution in [2.24, 2.45) is 5.92 Å². The second-order valence-electron chi connectivity index (χ2n) is 7.35. The summed E-state index contributed by atoms with van der Waals surface area (Å²) in [6.45, 7) is 0. The number of carbonyl (C=O) groups is 3. The first-order chi connectivity index (χ1) is 14.0. The third-order valence-corrected chi connectivity index (χ3v) is 5.48. The number of carbonyl (C=O) groups excluding carboxylic acids is 3. The average Bonchev–Trinajstić information content (AvgIpc) is 2.74. The van der Waals surface area contributed by atoms with Crippen LogP contribution in [-0.4, -0.2) is 24.7 Å². The van der Waals surface area contributed by atoms with Crippen LogP contribution in [0.2, 0.25) is 0 Å². The van der Waals surface area contributed by atoms with Crippen molar-refractivity contribution in [2.75, 3.05) is 12.4 Å². The van der Waals surface area contributed by atoms with E-state index >= 15 is 0 Å². The maximum Gasteiger partial charge on any atom is 0.232 e. The minimum Gasteiger partial charge on any atom is -0.497 e. The number of hydrogen-bond acceptors (Lipinski definition) is 4. The molecule has 2 amide bonds. The zero-order valence-corrected chi connectivity index (χ0v) is 16.1. The zero-order chi connectivity index (χ0) is 20.4. The summed E-state index contributed by atoms with van der Waals surface area (Å²) in [5, 5.41) is 5.65. The number of Topliss-reactive ketones (excluding diaryl/α,β-unsaturated/α-hetero) is 1. The van der Waals surface area contributed by atoms with Gasteiger partial charge < -0.3 is 15.4 Å². The topological polar surface area (TPSA) is 84.5 Å². The van der Waals surface area contributed by atoms with E-state index in [1.807, 2.05) is 30.3 Å². The third-order valence-electron chi connectivity index (χ3n) is 5.48. The number of anilines is 1. The normalized spacial score (nSPS) is 21.3. The van der Waals surface area contributed by atoms with E-state index < -0.39 is 5.92 Å². The molecule has 1 aliphatic heterocycles. The molecule has 2 aromatic rings. The average molecular weight is 390 g/mol. The number of benzene rings is 2. The molecule has 0 spiro atoms. The predicted molar refractivity (Wildman–Crippen MR) is 108 cm³/mol. The van der Waals surface area contributed by atoms with Crippen LogP contribution in [0, 0.1) is 5.92 Å². The molecule has 2 N–H and O–H groups in total. The first-order valence-electron chi connectivity index (χ1n) is 9.61. The van der Waals surface area contributed by atoms with Gasteiger partial charge in [-0.05, 0) is 42.2 Å². The van der Waals surface area contributed by atoms with Crippen LogP contribution in [0.25, 0.3) is 0 Å². The third kappa shape index (κ3) is 3.92. The number of allylic oxidation sites excluding steroid dienone is 1. The highest BCUT2D eigenvalue weighted by Crippen LogP contribution is 2.39. The van der Waals surface area contributed by atoms with E-state index in [9.17, 15) is 14.4 Å². The maximum atomic E-state index is 13.0. The Morgan fingerprint density at radius 1 is 1.00 bits per heavy atom. The van der Waals surface area contributed by atoms with Crippen molar-refractivity contribution in [1.82, 2.24) is 5.32 Å². The van der Waals surface area contributed by atoms with Crippen LogP contribution in [0.15, 0.2) is 65.9 Å². The largest absolute Gasteiger partial charge is 0.497 e. The van der Waals surface area contributed by atoms with Gasteiger partial charge in [-0.3, -0.25) is 14.4 Å². The molecule has 29 heavy (non-hydrogen) atoms. The van der Waals surface area contributed by atoms with Gasteiger partial charge in [-0.2, -0.15) is 0 Å². The van der Waals surface area contributed by atoms with Crippen LogP contribution >= 0.6 is 0 Å². The standard InChI is InChI=1S/C23H22N2O4/c1-29-17-9-7-16(8-10-17)24-23(28)18-13-21(27)25-19-11-15(12-20(26)22(18)19)14-5-3-2-4-6-14/h2-10,15,18H,11-13H2,1H3,(H,24,28)(H,25,27)/t15-,18+/m0/s1. The molecular weight excluding hydrogens is 368 g/mol. The van der Waals surface area contributed by atoms with Crippen molar-refractivity contribution < 1.29 is 19.1 Å². The Morgan fingerprint density at radius 3 is 2.41 bits per heavy atom. The highest BCUT2D eigenvalue weighted by molar-refractivity contribution is 6.09. The molecule has 148 valence electrons. The number of nitrogens with one attached hydrogen (secondary N) is 2. The van der Waals surface area contributed by atoms with Gasteiger partial charge >= 0.3 is 0 Å². The van der Waals surface area contributed by atoms with Gasteiger partial charge in [0.2, 0.25) is 11.8 Å². The van der Waals surface area contributed by atoms with Crippen LogP contribution in [0.5, 0.6) is 5.75 Å². The lowest BCUT2D eigenvalue weighted by Gasteiger charge is -2.33. The molecule has 1 aliphatic carbocycles. The minimum absolute atomic E-state index is 0.00569. The van der Waals surface area contributed by atoms with E-state index in [0.29, 0.717) is 35.5 Å². The Morgan fingerprint density at radius 2 is 1.72 bits per heavy atom. The summed E-state index contributed by atoms with van der Waals surface area (Å²) in [5.41, 5.74) is 2.69. The van der Waals surface area contributed by atoms with Crippen LogP contribution in [0.4, 0.5) is 5.69 Å². The molecule has 6 nitrogen and oxygen atoms in total. The molecule has 0 unspecified atom stereocenters. The lowest BCUT2D eigenvalue weighted by molar-refractivity contribution is -0.129. The first kappa shape index (κ1) is 18.9. The SMILES string of the molecule is COc1ccc(NC(=O)[C@@H]2CC(=O)NC3=C2C(=O)C[C@@H](c2ccccc2)C3)cc1. The molecule has 0 saturated heterocycles. The van der Waals surface area contributed by atoms with Crippen molar-refractivity contribution in [3.63, 3.8) is 0 Å².